The number of cyclic esters (lactones) is 1. The number of nitrogens with one attached hydrogen (secondary N) is 1. The van der Waals surface area contributed by atoms with Gasteiger partial charge in [-0.25, -0.2) is 14.6 Å². The number of amides is 3. The number of carbonyl (C=O) groups is 2. The van der Waals surface area contributed by atoms with Gasteiger partial charge in [-0.15, -0.1) is 0 Å². The molecule has 156 valence electrons. The zero-order chi connectivity index (χ0) is 21.3. The summed E-state index contributed by atoms with van der Waals surface area (Å²) in [5.74, 6) is 0. The first-order chi connectivity index (χ1) is 14.4. The van der Waals surface area contributed by atoms with Gasteiger partial charge < -0.3 is 10.1 Å². The van der Waals surface area contributed by atoms with Crippen molar-refractivity contribution in [2.75, 3.05) is 19.7 Å². The third-order valence-corrected chi connectivity index (χ3v) is 5.22. The van der Waals surface area contributed by atoms with E-state index in [0.29, 0.717) is 24.6 Å². The van der Waals surface area contributed by atoms with E-state index in [2.05, 4.69) is 20.4 Å². The van der Waals surface area contributed by atoms with Crippen LogP contribution >= 0.6 is 0 Å². The van der Waals surface area contributed by atoms with E-state index in [9.17, 15) is 9.59 Å². The van der Waals surface area contributed by atoms with Crippen LogP contribution < -0.4 is 5.32 Å². The van der Waals surface area contributed by atoms with Crippen molar-refractivity contribution < 1.29 is 14.3 Å². The van der Waals surface area contributed by atoms with Gasteiger partial charge in [0.2, 0.25) is 0 Å². The number of urea groups is 1. The van der Waals surface area contributed by atoms with Crippen LogP contribution in [0.25, 0.3) is 0 Å². The highest BCUT2D eigenvalue weighted by Crippen LogP contribution is 2.23. The Balaban J connectivity index is 1.55. The molecule has 0 saturated carbocycles. The maximum atomic E-state index is 12.9. The molecule has 3 amide bonds. The summed E-state index contributed by atoms with van der Waals surface area (Å²) < 4.78 is 5.11. The van der Waals surface area contributed by atoms with Crippen LogP contribution in [-0.4, -0.2) is 63.5 Å². The number of hydrazone groups is 1. The summed E-state index contributed by atoms with van der Waals surface area (Å²) in [6.45, 7) is 6.77. The van der Waals surface area contributed by atoms with E-state index in [1.165, 1.54) is 5.01 Å². The van der Waals surface area contributed by atoms with Gasteiger partial charge in [0.25, 0.3) is 0 Å². The molecule has 0 radical (unpaired) electrons. The van der Waals surface area contributed by atoms with Crippen molar-refractivity contribution >= 4 is 17.8 Å². The highest BCUT2D eigenvalue weighted by molar-refractivity contribution is 6.07. The smallest absolute Gasteiger partial charge is 0.410 e. The van der Waals surface area contributed by atoms with Gasteiger partial charge in [0.15, 0.2) is 0 Å². The van der Waals surface area contributed by atoms with Gasteiger partial charge in [-0.2, -0.15) is 5.10 Å². The summed E-state index contributed by atoms with van der Waals surface area (Å²) in [6.07, 6.45) is 2.93. The van der Waals surface area contributed by atoms with Crippen molar-refractivity contribution in [3.8, 4) is 0 Å². The fourth-order valence-electron chi connectivity index (χ4n) is 3.49. The maximum Gasteiger partial charge on any atom is 0.410 e. The molecule has 0 spiro atoms. The van der Waals surface area contributed by atoms with Gasteiger partial charge in [0, 0.05) is 6.20 Å². The van der Waals surface area contributed by atoms with Gasteiger partial charge in [-0.1, -0.05) is 29.8 Å². The van der Waals surface area contributed by atoms with Crippen molar-refractivity contribution in [3.63, 3.8) is 0 Å². The summed E-state index contributed by atoms with van der Waals surface area (Å²) >= 11 is 0. The number of benzene rings is 1. The SMILES string of the molecule is Cc1ccc(C2=NN(C(=O)NC(C)c3cnc(C)cn3)C[C@H]2N2CCOC2=O)cc1. The number of rotatable bonds is 4. The van der Waals surface area contributed by atoms with Crippen LogP contribution in [0.15, 0.2) is 41.8 Å². The van der Waals surface area contributed by atoms with Crippen molar-refractivity contribution in [3.05, 3.63) is 59.2 Å². The predicted molar refractivity (Wildman–Crippen MR) is 110 cm³/mol. The van der Waals surface area contributed by atoms with E-state index in [1.54, 1.807) is 17.3 Å². The lowest BCUT2D eigenvalue weighted by molar-refractivity contribution is 0.150. The summed E-state index contributed by atoms with van der Waals surface area (Å²) in [4.78, 5) is 35.2. The average molecular weight is 408 g/mol. The summed E-state index contributed by atoms with van der Waals surface area (Å²) in [7, 11) is 0. The van der Waals surface area contributed by atoms with Crippen molar-refractivity contribution in [2.45, 2.75) is 32.9 Å². The molecule has 1 unspecified atom stereocenters. The molecule has 4 rings (SSSR count). The Labute approximate surface area is 174 Å². The number of nitrogens with zero attached hydrogens (tertiary/aromatic N) is 5. The Kier molecular flexibility index (Phi) is 5.35. The molecule has 1 aromatic heterocycles. The Morgan fingerprint density at radius 1 is 1.20 bits per heavy atom. The molecular weight excluding hydrogens is 384 g/mol. The first-order valence-corrected chi connectivity index (χ1v) is 9.88. The third kappa shape index (κ3) is 3.96. The molecule has 1 aromatic carbocycles. The quantitative estimate of drug-likeness (QED) is 0.837. The zero-order valence-electron chi connectivity index (χ0n) is 17.2. The monoisotopic (exact) mass is 408 g/mol. The van der Waals surface area contributed by atoms with E-state index < -0.39 is 0 Å². The number of ether oxygens (including phenoxy) is 1. The molecule has 3 heterocycles. The fourth-order valence-corrected chi connectivity index (χ4v) is 3.49. The van der Waals surface area contributed by atoms with Crippen molar-refractivity contribution in [2.24, 2.45) is 5.10 Å². The van der Waals surface area contributed by atoms with E-state index >= 15 is 0 Å². The largest absolute Gasteiger partial charge is 0.448 e. The van der Waals surface area contributed by atoms with Crippen LogP contribution in [0.3, 0.4) is 0 Å². The normalized spacial score (nSPS) is 19.5. The van der Waals surface area contributed by atoms with Gasteiger partial charge in [-0.05, 0) is 26.3 Å². The van der Waals surface area contributed by atoms with Gasteiger partial charge in [0.05, 0.1) is 48.5 Å². The lowest BCUT2D eigenvalue weighted by atomic mass is 10.0. The first kappa shape index (κ1) is 19.8. The molecule has 2 aliphatic rings. The Bertz CT molecular complexity index is 973. The van der Waals surface area contributed by atoms with Gasteiger partial charge in [-0.3, -0.25) is 14.9 Å². The summed E-state index contributed by atoms with van der Waals surface area (Å²) in [6, 6.07) is 6.82. The Morgan fingerprint density at radius 2 is 1.97 bits per heavy atom. The number of aryl methyl sites for hydroxylation is 2. The molecule has 0 aliphatic carbocycles. The fraction of sp³-hybridized carbons (Fsp3) is 0.381. The highest BCUT2D eigenvalue weighted by Gasteiger charge is 2.40. The summed E-state index contributed by atoms with van der Waals surface area (Å²) in [5, 5.41) is 8.83. The van der Waals surface area contributed by atoms with Crippen LogP contribution in [0.5, 0.6) is 0 Å². The van der Waals surface area contributed by atoms with E-state index in [0.717, 1.165) is 16.8 Å². The van der Waals surface area contributed by atoms with E-state index in [4.69, 9.17) is 4.74 Å². The number of aromatic nitrogens is 2. The Morgan fingerprint density at radius 3 is 2.60 bits per heavy atom. The molecule has 9 nitrogen and oxygen atoms in total. The molecule has 1 fully saturated rings. The molecule has 30 heavy (non-hydrogen) atoms. The zero-order valence-corrected chi connectivity index (χ0v) is 17.2. The maximum absolute atomic E-state index is 12.9. The lowest BCUT2D eigenvalue weighted by Crippen LogP contribution is -2.46. The van der Waals surface area contributed by atoms with Crippen LogP contribution in [-0.2, 0) is 4.74 Å². The molecule has 1 saturated heterocycles. The van der Waals surface area contributed by atoms with Crippen molar-refractivity contribution in [1.82, 2.24) is 25.2 Å². The highest BCUT2D eigenvalue weighted by atomic mass is 16.6. The van der Waals surface area contributed by atoms with Gasteiger partial charge in [0.1, 0.15) is 6.61 Å². The van der Waals surface area contributed by atoms with Crippen LogP contribution in [0.1, 0.15) is 35.5 Å². The number of hydrogen-bond acceptors (Lipinski definition) is 6. The topological polar surface area (TPSA) is 100 Å². The second kappa shape index (κ2) is 8.10. The predicted octanol–water partition coefficient (Wildman–Crippen LogP) is 2.40. The molecule has 0 bridgehead atoms. The minimum Gasteiger partial charge on any atom is -0.448 e. The minimum absolute atomic E-state index is 0.260. The van der Waals surface area contributed by atoms with E-state index in [-0.39, 0.29) is 30.8 Å². The average Bonchev–Trinajstić information content (AvgIpc) is 3.35. The second-order valence-electron chi connectivity index (χ2n) is 7.51. The molecule has 1 N–H and O–H groups in total. The van der Waals surface area contributed by atoms with Crippen molar-refractivity contribution in [1.29, 1.82) is 0 Å². The standard InChI is InChI=1S/C21H24N6O3/c1-13-4-6-16(7-5-13)19-18(26-8-9-30-21(26)29)12-27(25-19)20(28)24-15(3)17-11-22-14(2)10-23-17/h4-7,10-11,15,18H,8-9,12H2,1-3H3,(H,24,28)/t15?,18-/m1/s1. The Hall–Kier alpha value is -3.49. The molecule has 2 aliphatic heterocycles. The molecule has 9 heteroatoms. The number of carbonyl (C=O) groups excluding carboxylic acids is 2. The minimum atomic E-state index is -0.384. The summed E-state index contributed by atoms with van der Waals surface area (Å²) in [5.41, 5.74) is 4.14. The van der Waals surface area contributed by atoms with Crippen LogP contribution in [0, 0.1) is 13.8 Å². The lowest BCUT2D eigenvalue weighted by Gasteiger charge is -2.23. The molecular formula is C21H24N6O3. The van der Waals surface area contributed by atoms with Gasteiger partial charge >= 0.3 is 12.1 Å². The molecule has 2 atom stereocenters. The third-order valence-electron chi connectivity index (χ3n) is 5.22. The van der Waals surface area contributed by atoms with E-state index in [1.807, 2.05) is 45.0 Å². The number of hydrogen-bond donors (Lipinski definition) is 1. The molecule has 2 aromatic rings. The second-order valence-corrected chi connectivity index (χ2v) is 7.51. The van der Waals surface area contributed by atoms with Crippen LogP contribution in [0.2, 0.25) is 0 Å². The van der Waals surface area contributed by atoms with Crippen LogP contribution in [0.4, 0.5) is 9.59 Å². The first-order valence-electron chi connectivity index (χ1n) is 9.88.